The van der Waals surface area contributed by atoms with E-state index < -0.39 is 22.0 Å². The van der Waals surface area contributed by atoms with Crippen molar-refractivity contribution in [1.29, 1.82) is 0 Å². The zero-order valence-electron chi connectivity index (χ0n) is 10.8. The van der Waals surface area contributed by atoms with Gasteiger partial charge in [-0.25, -0.2) is 4.39 Å². The third kappa shape index (κ3) is 3.87. The molecule has 0 aliphatic carbocycles. The van der Waals surface area contributed by atoms with E-state index in [4.69, 9.17) is 10.5 Å². The summed E-state index contributed by atoms with van der Waals surface area (Å²) in [6.07, 6.45) is 1.36. The predicted molar refractivity (Wildman–Crippen MR) is 73.7 cm³/mol. The van der Waals surface area contributed by atoms with E-state index in [-0.39, 0.29) is 16.8 Å². The van der Waals surface area contributed by atoms with E-state index in [1.54, 1.807) is 0 Å². The number of nitro groups is 1. The molecule has 0 aliphatic heterocycles. The minimum absolute atomic E-state index is 0.00926. The molecule has 0 saturated carbocycles. The first kappa shape index (κ1) is 15.8. The average Bonchev–Trinajstić information content (AvgIpc) is 2.39. The smallest absolute Gasteiger partial charge is 0.313 e. The molecule has 0 bridgehead atoms. The number of benzene rings is 1. The molecule has 0 atom stereocenters. The number of rotatable bonds is 6. The van der Waals surface area contributed by atoms with Gasteiger partial charge in [0.2, 0.25) is 0 Å². The van der Waals surface area contributed by atoms with Gasteiger partial charge in [0.05, 0.1) is 15.5 Å². The topological polar surface area (TPSA) is 78.4 Å². The SMILES string of the molecule is CCC(N)(CC)COc1cc(Br)c(F)cc1[N+](=O)[O-]. The van der Waals surface area contributed by atoms with Crippen LogP contribution in [0.15, 0.2) is 16.6 Å². The van der Waals surface area contributed by atoms with Crippen LogP contribution < -0.4 is 10.5 Å². The Hall–Kier alpha value is -1.21. The molecule has 0 spiro atoms. The van der Waals surface area contributed by atoms with Gasteiger partial charge in [0.1, 0.15) is 12.4 Å². The standard InChI is InChI=1S/C12H16BrFN2O3/c1-3-12(15,4-2)7-19-11-5-8(13)9(14)6-10(11)16(17)18/h5-6H,3-4,7,15H2,1-2H3. The van der Waals surface area contributed by atoms with E-state index in [1.807, 2.05) is 13.8 Å². The van der Waals surface area contributed by atoms with Crippen molar-refractivity contribution in [3.05, 3.63) is 32.5 Å². The Morgan fingerprint density at radius 2 is 2.05 bits per heavy atom. The molecule has 5 nitrogen and oxygen atoms in total. The lowest BCUT2D eigenvalue weighted by atomic mass is 9.96. The van der Waals surface area contributed by atoms with Crippen LogP contribution in [0.5, 0.6) is 5.75 Å². The number of hydrogen-bond donors (Lipinski definition) is 1. The molecule has 0 fully saturated rings. The van der Waals surface area contributed by atoms with E-state index in [1.165, 1.54) is 6.07 Å². The van der Waals surface area contributed by atoms with Gasteiger partial charge in [-0.3, -0.25) is 10.1 Å². The van der Waals surface area contributed by atoms with Crippen molar-refractivity contribution in [1.82, 2.24) is 0 Å². The monoisotopic (exact) mass is 334 g/mol. The van der Waals surface area contributed by atoms with Crippen LogP contribution >= 0.6 is 15.9 Å². The third-order valence-corrected chi connectivity index (χ3v) is 3.73. The maximum atomic E-state index is 13.3. The zero-order chi connectivity index (χ0) is 14.6. The highest BCUT2D eigenvalue weighted by atomic mass is 79.9. The van der Waals surface area contributed by atoms with Crippen LogP contribution in [0.1, 0.15) is 26.7 Å². The molecule has 1 rings (SSSR count). The van der Waals surface area contributed by atoms with Crippen molar-refractivity contribution in [3.63, 3.8) is 0 Å². The first-order valence-corrected chi connectivity index (χ1v) is 6.67. The first-order valence-electron chi connectivity index (χ1n) is 5.88. The molecule has 0 amide bonds. The lowest BCUT2D eigenvalue weighted by molar-refractivity contribution is -0.386. The maximum absolute atomic E-state index is 13.3. The Bertz CT molecular complexity index is 478. The first-order chi connectivity index (χ1) is 8.83. The summed E-state index contributed by atoms with van der Waals surface area (Å²) in [6.45, 7) is 3.97. The van der Waals surface area contributed by atoms with Crippen molar-refractivity contribution < 1.29 is 14.1 Å². The lowest BCUT2D eigenvalue weighted by Crippen LogP contribution is -2.44. The summed E-state index contributed by atoms with van der Waals surface area (Å²) >= 11 is 2.98. The Morgan fingerprint density at radius 3 is 2.53 bits per heavy atom. The molecule has 1 aromatic rings. The lowest BCUT2D eigenvalue weighted by Gasteiger charge is -2.26. The van der Waals surface area contributed by atoms with Gasteiger partial charge in [-0.2, -0.15) is 0 Å². The van der Waals surface area contributed by atoms with Crippen molar-refractivity contribution in [2.75, 3.05) is 6.61 Å². The molecule has 0 saturated heterocycles. The van der Waals surface area contributed by atoms with Crippen molar-refractivity contribution in [3.8, 4) is 5.75 Å². The summed E-state index contributed by atoms with van der Waals surface area (Å²) < 4.78 is 18.8. The van der Waals surface area contributed by atoms with Crippen molar-refractivity contribution in [2.45, 2.75) is 32.2 Å². The summed E-state index contributed by atoms with van der Waals surface area (Å²) in [5, 5.41) is 10.9. The van der Waals surface area contributed by atoms with E-state index in [2.05, 4.69) is 15.9 Å². The molecular formula is C12H16BrFN2O3. The Kier molecular flexibility index (Phi) is 5.25. The Morgan fingerprint density at radius 1 is 1.47 bits per heavy atom. The molecule has 0 aliphatic rings. The zero-order valence-corrected chi connectivity index (χ0v) is 12.4. The van der Waals surface area contributed by atoms with Gasteiger partial charge >= 0.3 is 5.69 Å². The Labute approximate surface area is 119 Å². The van der Waals surface area contributed by atoms with E-state index in [9.17, 15) is 14.5 Å². The molecule has 0 heterocycles. The number of nitro benzene ring substituents is 1. The second-order valence-corrected chi connectivity index (χ2v) is 5.20. The quantitative estimate of drug-likeness (QED) is 0.638. The Balaban J connectivity index is 3.00. The van der Waals surface area contributed by atoms with Gasteiger partial charge in [0.15, 0.2) is 5.75 Å². The summed E-state index contributed by atoms with van der Waals surface area (Å²) in [4.78, 5) is 10.2. The third-order valence-electron chi connectivity index (χ3n) is 3.12. The van der Waals surface area contributed by atoms with Crippen LogP contribution in [0, 0.1) is 15.9 Å². The van der Waals surface area contributed by atoms with E-state index in [0.29, 0.717) is 12.8 Å². The summed E-state index contributed by atoms with van der Waals surface area (Å²) in [6, 6.07) is 2.08. The highest BCUT2D eigenvalue weighted by Gasteiger charge is 2.25. The van der Waals surface area contributed by atoms with Crippen LogP contribution in [0.3, 0.4) is 0 Å². The second kappa shape index (κ2) is 6.29. The van der Waals surface area contributed by atoms with Crippen LogP contribution in [0.4, 0.5) is 10.1 Å². The molecule has 106 valence electrons. The number of nitrogens with zero attached hydrogens (tertiary/aromatic N) is 1. The van der Waals surface area contributed by atoms with E-state index >= 15 is 0 Å². The van der Waals surface area contributed by atoms with Crippen LogP contribution in [0.2, 0.25) is 0 Å². The van der Waals surface area contributed by atoms with Gasteiger partial charge < -0.3 is 10.5 Å². The fraction of sp³-hybridized carbons (Fsp3) is 0.500. The molecule has 0 aromatic heterocycles. The maximum Gasteiger partial charge on any atom is 0.313 e. The van der Waals surface area contributed by atoms with Gasteiger partial charge in [0.25, 0.3) is 0 Å². The fourth-order valence-corrected chi connectivity index (χ4v) is 1.77. The minimum atomic E-state index is -0.705. The van der Waals surface area contributed by atoms with Gasteiger partial charge in [-0.15, -0.1) is 0 Å². The van der Waals surface area contributed by atoms with Crippen LogP contribution in [-0.4, -0.2) is 17.1 Å². The number of hydrogen-bond acceptors (Lipinski definition) is 4. The predicted octanol–water partition coefficient (Wildman–Crippen LogP) is 3.39. The van der Waals surface area contributed by atoms with Crippen molar-refractivity contribution >= 4 is 21.6 Å². The summed E-state index contributed by atoms with van der Waals surface area (Å²) in [7, 11) is 0. The van der Waals surface area contributed by atoms with Gasteiger partial charge in [-0.1, -0.05) is 13.8 Å². The molecule has 2 N–H and O–H groups in total. The molecule has 0 radical (unpaired) electrons. The average molecular weight is 335 g/mol. The minimum Gasteiger partial charge on any atom is -0.485 e. The number of halogens is 2. The normalized spacial score (nSPS) is 11.4. The largest absolute Gasteiger partial charge is 0.485 e. The number of ether oxygens (including phenoxy) is 1. The second-order valence-electron chi connectivity index (χ2n) is 4.35. The molecule has 1 aromatic carbocycles. The highest BCUT2D eigenvalue weighted by molar-refractivity contribution is 9.10. The molecule has 0 unspecified atom stereocenters. The highest BCUT2D eigenvalue weighted by Crippen LogP contribution is 2.33. The van der Waals surface area contributed by atoms with Crippen LogP contribution in [0.25, 0.3) is 0 Å². The molecule has 19 heavy (non-hydrogen) atoms. The van der Waals surface area contributed by atoms with E-state index in [0.717, 1.165) is 6.07 Å². The fourth-order valence-electron chi connectivity index (χ4n) is 1.45. The summed E-state index contributed by atoms with van der Waals surface area (Å²) in [5.74, 6) is -0.695. The number of nitrogens with two attached hydrogens (primary N) is 1. The molecular weight excluding hydrogens is 319 g/mol. The molecule has 7 heteroatoms. The summed E-state index contributed by atoms with van der Waals surface area (Å²) in [5.41, 5.74) is 5.10. The van der Waals surface area contributed by atoms with Crippen LogP contribution in [-0.2, 0) is 0 Å². The van der Waals surface area contributed by atoms with Crippen molar-refractivity contribution in [2.24, 2.45) is 5.73 Å². The van der Waals surface area contributed by atoms with Gasteiger partial charge in [0, 0.05) is 11.6 Å². The van der Waals surface area contributed by atoms with Gasteiger partial charge in [-0.05, 0) is 28.8 Å².